The zero-order valence-electron chi connectivity index (χ0n) is 9.86. The summed E-state index contributed by atoms with van der Waals surface area (Å²) in [5.74, 6) is 1.67. The minimum Gasteiger partial charge on any atom is -0.362 e. The van der Waals surface area contributed by atoms with E-state index in [0.717, 1.165) is 26.4 Å². The van der Waals surface area contributed by atoms with Crippen LogP contribution in [-0.2, 0) is 0 Å². The molecule has 0 amide bonds. The molecule has 2 heterocycles. The summed E-state index contributed by atoms with van der Waals surface area (Å²) in [6.45, 7) is 5.91. The summed E-state index contributed by atoms with van der Waals surface area (Å²) >= 11 is 2.20. The number of aryl methyl sites for hydroxylation is 2. The second kappa shape index (κ2) is 4.99. The summed E-state index contributed by atoms with van der Waals surface area (Å²) in [5, 5.41) is 7.29. The molecule has 0 spiro atoms. The molecular weight excluding hydrogens is 331 g/mol. The number of aromatic nitrogens is 3. The Hall–Kier alpha value is -1.18. The van der Waals surface area contributed by atoms with Gasteiger partial charge in [0, 0.05) is 11.8 Å². The van der Waals surface area contributed by atoms with Crippen LogP contribution in [0.1, 0.15) is 30.0 Å². The van der Waals surface area contributed by atoms with Crippen LogP contribution in [0.25, 0.3) is 0 Å². The van der Waals surface area contributed by atoms with E-state index >= 15 is 0 Å². The standard InChI is InChI=1S/C11H13IN4O/c1-6(10-7(2)16-17-8(10)3)15-11-9(12)4-13-5-14-11/h4-6H,1-3H3,(H,13,14,15). The van der Waals surface area contributed by atoms with Crippen molar-refractivity contribution in [3.05, 3.63) is 33.1 Å². The Kier molecular flexibility index (Phi) is 3.60. The first-order chi connectivity index (χ1) is 8.09. The Morgan fingerprint density at radius 2 is 2.18 bits per heavy atom. The van der Waals surface area contributed by atoms with Gasteiger partial charge in [0.25, 0.3) is 0 Å². The third-order valence-electron chi connectivity index (χ3n) is 2.54. The Balaban J connectivity index is 2.23. The van der Waals surface area contributed by atoms with Gasteiger partial charge in [0.05, 0.1) is 15.3 Å². The third-order valence-corrected chi connectivity index (χ3v) is 3.33. The highest BCUT2D eigenvalue weighted by Crippen LogP contribution is 2.25. The molecule has 0 bridgehead atoms. The van der Waals surface area contributed by atoms with Crippen molar-refractivity contribution >= 4 is 28.4 Å². The van der Waals surface area contributed by atoms with Gasteiger partial charge < -0.3 is 9.84 Å². The van der Waals surface area contributed by atoms with Crippen LogP contribution in [0.4, 0.5) is 5.82 Å². The molecule has 2 rings (SSSR count). The van der Waals surface area contributed by atoms with Gasteiger partial charge in [0.2, 0.25) is 0 Å². The van der Waals surface area contributed by atoms with Crippen molar-refractivity contribution in [3.63, 3.8) is 0 Å². The Bertz CT molecular complexity index is 506. The predicted octanol–water partition coefficient (Wildman–Crippen LogP) is 2.86. The predicted molar refractivity (Wildman–Crippen MR) is 72.8 cm³/mol. The highest BCUT2D eigenvalue weighted by atomic mass is 127. The topological polar surface area (TPSA) is 63.8 Å². The maximum absolute atomic E-state index is 5.16. The molecule has 5 nitrogen and oxygen atoms in total. The van der Waals surface area contributed by atoms with E-state index in [0.29, 0.717) is 0 Å². The highest BCUT2D eigenvalue weighted by molar-refractivity contribution is 14.1. The van der Waals surface area contributed by atoms with Crippen LogP contribution in [0.3, 0.4) is 0 Å². The van der Waals surface area contributed by atoms with Crippen molar-refractivity contribution < 1.29 is 4.52 Å². The van der Waals surface area contributed by atoms with E-state index in [1.807, 2.05) is 13.8 Å². The number of anilines is 1. The zero-order chi connectivity index (χ0) is 12.4. The number of hydrogen-bond acceptors (Lipinski definition) is 5. The molecule has 2 aromatic heterocycles. The SMILES string of the molecule is Cc1noc(C)c1C(C)Nc1ncncc1I. The van der Waals surface area contributed by atoms with Crippen LogP contribution in [0.5, 0.6) is 0 Å². The Morgan fingerprint density at radius 1 is 1.41 bits per heavy atom. The number of nitrogens with one attached hydrogen (secondary N) is 1. The molecule has 2 aromatic rings. The molecule has 0 aliphatic carbocycles. The van der Waals surface area contributed by atoms with E-state index in [1.54, 1.807) is 6.20 Å². The smallest absolute Gasteiger partial charge is 0.143 e. The number of nitrogens with zero attached hydrogens (tertiary/aromatic N) is 3. The minimum absolute atomic E-state index is 0.102. The average molecular weight is 344 g/mol. The van der Waals surface area contributed by atoms with Gasteiger partial charge in [-0.25, -0.2) is 9.97 Å². The molecule has 1 N–H and O–H groups in total. The van der Waals surface area contributed by atoms with Gasteiger partial charge in [-0.1, -0.05) is 5.16 Å². The van der Waals surface area contributed by atoms with Crippen molar-refractivity contribution in [3.8, 4) is 0 Å². The molecule has 0 aliphatic heterocycles. The average Bonchev–Trinajstić information content (AvgIpc) is 2.62. The van der Waals surface area contributed by atoms with Gasteiger partial charge in [0.15, 0.2) is 0 Å². The molecule has 0 saturated heterocycles. The van der Waals surface area contributed by atoms with Crippen molar-refractivity contribution in [1.29, 1.82) is 0 Å². The lowest BCUT2D eigenvalue weighted by Crippen LogP contribution is -2.10. The molecular formula is C11H13IN4O. The Labute approximate surface area is 113 Å². The van der Waals surface area contributed by atoms with Gasteiger partial charge >= 0.3 is 0 Å². The van der Waals surface area contributed by atoms with Crippen molar-refractivity contribution in [2.24, 2.45) is 0 Å². The summed E-state index contributed by atoms with van der Waals surface area (Å²) in [7, 11) is 0. The summed E-state index contributed by atoms with van der Waals surface area (Å²) in [6.07, 6.45) is 3.31. The minimum atomic E-state index is 0.102. The number of halogens is 1. The summed E-state index contributed by atoms with van der Waals surface area (Å²) in [4.78, 5) is 8.17. The first-order valence-corrected chi connectivity index (χ1v) is 6.32. The molecule has 1 atom stereocenters. The fraction of sp³-hybridized carbons (Fsp3) is 0.364. The third kappa shape index (κ3) is 2.56. The van der Waals surface area contributed by atoms with E-state index in [2.05, 4.69) is 50.0 Å². The molecule has 0 aliphatic rings. The summed E-state index contributed by atoms with van der Waals surface area (Å²) in [6, 6.07) is 0.102. The van der Waals surface area contributed by atoms with Gasteiger partial charge in [-0.15, -0.1) is 0 Å². The molecule has 0 saturated carbocycles. The molecule has 1 unspecified atom stereocenters. The molecule has 0 radical (unpaired) electrons. The van der Waals surface area contributed by atoms with E-state index < -0.39 is 0 Å². The van der Waals surface area contributed by atoms with E-state index in [1.165, 1.54) is 6.33 Å². The molecule has 6 heteroatoms. The molecule has 0 fully saturated rings. The second-order valence-electron chi connectivity index (χ2n) is 3.82. The second-order valence-corrected chi connectivity index (χ2v) is 4.99. The Morgan fingerprint density at radius 3 is 2.76 bits per heavy atom. The highest BCUT2D eigenvalue weighted by Gasteiger charge is 2.17. The fourth-order valence-electron chi connectivity index (χ4n) is 1.80. The van der Waals surface area contributed by atoms with Gasteiger partial charge in [0.1, 0.15) is 17.9 Å². The lowest BCUT2D eigenvalue weighted by Gasteiger charge is -2.14. The van der Waals surface area contributed by atoms with Gasteiger partial charge in [-0.2, -0.15) is 0 Å². The first kappa shape index (κ1) is 12.3. The van der Waals surface area contributed by atoms with Crippen LogP contribution < -0.4 is 5.32 Å². The lowest BCUT2D eigenvalue weighted by molar-refractivity contribution is 0.392. The molecule has 0 aromatic carbocycles. The van der Waals surface area contributed by atoms with Crippen molar-refractivity contribution in [2.45, 2.75) is 26.8 Å². The summed E-state index contributed by atoms with van der Waals surface area (Å²) < 4.78 is 6.15. The molecule has 90 valence electrons. The van der Waals surface area contributed by atoms with Crippen molar-refractivity contribution in [1.82, 2.24) is 15.1 Å². The summed E-state index contributed by atoms with van der Waals surface area (Å²) in [5.41, 5.74) is 1.99. The van der Waals surface area contributed by atoms with E-state index in [-0.39, 0.29) is 6.04 Å². The van der Waals surface area contributed by atoms with Crippen LogP contribution in [-0.4, -0.2) is 15.1 Å². The first-order valence-electron chi connectivity index (χ1n) is 5.24. The lowest BCUT2D eigenvalue weighted by atomic mass is 10.1. The van der Waals surface area contributed by atoms with Gasteiger partial charge in [-0.05, 0) is 43.4 Å². The van der Waals surface area contributed by atoms with Crippen LogP contribution in [0.15, 0.2) is 17.0 Å². The zero-order valence-corrected chi connectivity index (χ0v) is 12.0. The van der Waals surface area contributed by atoms with Gasteiger partial charge in [-0.3, -0.25) is 0 Å². The number of rotatable bonds is 3. The van der Waals surface area contributed by atoms with Crippen LogP contribution >= 0.6 is 22.6 Å². The normalized spacial score (nSPS) is 12.5. The maximum atomic E-state index is 5.16. The molecule has 17 heavy (non-hydrogen) atoms. The van der Waals surface area contributed by atoms with Crippen LogP contribution in [0.2, 0.25) is 0 Å². The fourth-order valence-corrected chi connectivity index (χ4v) is 2.26. The van der Waals surface area contributed by atoms with Crippen molar-refractivity contribution in [2.75, 3.05) is 5.32 Å². The monoisotopic (exact) mass is 344 g/mol. The number of hydrogen-bond donors (Lipinski definition) is 1. The van der Waals surface area contributed by atoms with Crippen LogP contribution in [0, 0.1) is 17.4 Å². The van der Waals surface area contributed by atoms with E-state index in [9.17, 15) is 0 Å². The van der Waals surface area contributed by atoms with E-state index in [4.69, 9.17) is 4.52 Å². The largest absolute Gasteiger partial charge is 0.362 e. The maximum Gasteiger partial charge on any atom is 0.143 e. The quantitative estimate of drug-likeness (QED) is 0.868.